The van der Waals surface area contributed by atoms with Gasteiger partial charge in [0.25, 0.3) is 0 Å². The van der Waals surface area contributed by atoms with E-state index in [4.69, 9.17) is 9.97 Å². The first-order valence-corrected chi connectivity index (χ1v) is 14.0. The Kier molecular flexibility index (Phi) is 7.77. The van der Waals surface area contributed by atoms with Crippen LogP contribution in [0, 0.1) is 0 Å². The number of hydrogen-bond donors (Lipinski definition) is 2. The molecular weight excluding hydrogens is 488 g/mol. The van der Waals surface area contributed by atoms with Gasteiger partial charge in [0.05, 0.1) is 17.6 Å². The number of Topliss-reactive ketones (excluding diaryl/α,β-unsaturated/α-hetero) is 1. The molecule has 202 valence electrons. The van der Waals surface area contributed by atoms with E-state index in [9.17, 15) is 14.7 Å². The zero-order chi connectivity index (χ0) is 27.4. The van der Waals surface area contributed by atoms with Crippen LogP contribution in [0.25, 0.3) is 22.3 Å². The number of pyridine rings is 1. The number of anilines is 1. The first-order valence-electron chi connectivity index (χ1n) is 14.0. The maximum Gasteiger partial charge on any atom is 0.336 e. The van der Waals surface area contributed by atoms with Gasteiger partial charge in [-0.25, -0.2) is 14.8 Å². The third-order valence-electron chi connectivity index (χ3n) is 7.94. The number of imidazole rings is 1. The number of fused-ring (bicyclic) bond motifs is 1. The van der Waals surface area contributed by atoms with Crippen LogP contribution in [-0.4, -0.2) is 36.9 Å². The van der Waals surface area contributed by atoms with Gasteiger partial charge >= 0.3 is 5.97 Å². The molecule has 1 aliphatic carbocycles. The van der Waals surface area contributed by atoms with E-state index < -0.39 is 11.5 Å². The van der Waals surface area contributed by atoms with Crippen LogP contribution >= 0.6 is 0 Å². The summed E-state index contributed by atoms with van der Waals surface area (Å²) in [5, 5.41) is 13.1. The second-order valence-electron chi connectivity index (χ2n) is 10.6. The molecule has 0 saturated heterocycles. The molecule has 0 bridgehead atoms. The molecule has 2 aromatic heterocycles. The van der Waals surface area contributed by atoms with E-state index in [-0.39, 0.29) is 5.78 Å². The zero-order valence-corrected chi connectivity index (χ0v) is 22.7. The predicted molar refractivity (Wildman–Crippen MR) is 154 cm³/mol. The molecule has 5 rings (SSSR count). The molecule has 4 aromatic rings. The highest BCUT2D eigenvalue weighted by Gasteiger charge is 2.37. The summed E-state index contributed by atoms with van der Waals surface area (Å²) in [6.45, 7) is 4.46. The fraction of sp³-hybridized carbons (Fsp3) is 0.375. The Morgan fingerprint density at radius 3 is 2.41 bits per heavy atom. The number of nitrogens with one attached hydrogen (secondary N) is 1. The minimum atomic E-state index is -0.935. The molecule has 2 aromatic carbocycles. The summed E-state index contributed by atoms with van der Waals surface area (Å²) >= 11 is 0. The molecule has 0 atom stereocenters. The van der Waals surface area contributed by atoms with Crippen molar-refractivity contribution in [3.63, 3.8) is 0 Å². The second-order valence-corrected chi connectivity index (χ2v) is 10.6. The zero-order valence-electron chi connectivity index (χ0n) is 22.7. The summed E-state index contributed by atoms with van der Waals surface area (Å²) < 4.78 is 2.18. The highest BCUT2D eigenvalue weighted by molar-refractivity contribution is 5.96. The van der Waals surface area contributed by atoms with Crippen LogP contribution in [0.15, 0.2) is 60.7 Å². The number of carboxylic acids is 1. The molecule has 7 heteroatoms. The summed E-state index contributed by atoms with van der Waals surface area (Å²) in [6.07, 6.45) is 7.88. The molecule has 1 saturated carbocycles. The third-order valence-corrected chi connectivity index (χ3v) is 7.94. The minimum absolute atomic E-state index is 0.172. The maximum atomic E-state index is 12.7. The lowest BCUT2D eigenvalue weighted by Crippen LogP contribution is -2.46. The SMILES string of the molecule is CCCCc1nc2ccc(NC3(C(C)=O)CCCCC3)nc2n1Cc1ccc(-c2ccccc2C(=O)O)cc1. The smallest absolute Gasteiger partial charge is 0.336 e. The summed E-state index contributed by atoms with van der Waals surface area (Å²) in [4.78, 5) is 34.3. The molecule has 7 nitrogen and oxygen atoms in total. The molecule has 0 aliphatic heterocycles. The van der Waals surface area contributed by atoms with E-state index in [1.807, 2.05) is 48.5 Å². The Hall–Kier alpha value is -4.00. The average Bonchev–Trinajstić information content (AvgIpc) is 3.29. The van der Waals surface area contributed by atoms with Crippen molar-refractivity contribution in [1.82, 2.24) is 14.5 Å². The van der Waals surface area contributed by atoms with Gasteiger partial charge < -0.3 is 15.0 Å². The molecule has 2 heterocycles. The van der Waals surface area contributed by atoms with Crippen molar-refractivity contribution in [3.05, 3.63) is 77.6 Å². The van der Waals surface area contributed by atoms with E-state index in [0.717, 1.165) is 79.5 Å². The highest BCUT2D eigenvalue weighted by atomic mass is 16.4. The van der Waals surface area contributed by atoms with E-state index in [0.29, 0.717) is 23.5 Å². The number of aromatic carboxylic acids is 1. The second kappa shape index (κ2) is 11.4. The summed E-state index contributed by atoms with van der Waals surface area (Å²) in [6, 6.07) is 19.0. The molecular formula is C32H36N4O3. The van der Waals surface area contributed by atoms with Crippen LogP contribution in [-0.2, 0) is 17.8 Å². The first-order chi connectivity index (χ1) is 18.9. The number of ketones is 1. The molecule has 1 fully saturated rings. The Bertz CT molecular complexity index is 1480. The number of carboxylic acid groups (broad SMARTS) is 1. The van der Waals surface area contributed by atoms with Gasteiger partial charge in [-0.2, -0.15) is 0 Å². The normalized spacial score (nSPS) is 14.8. The lowest BCUT2D eigenvalue weighted by molar-refractivity contribution is -0.122. The Morgan fingerprint density at radius 1 is 0.974 bits per heavy atom. The number of carbonyl (C=O) groups is 2. The van der Waals surface area contributed by atoms with Crippen molar-refractivity contribution in [3.8, 4) is 11.1 Å². The lowest BCUT2D eigenvalue weighted by atomic mass is 9.79. The maximum absolute atomic E-state index is 12.7. The summed E-state index contributed by atoms with van der Waals surface area (Å²) in [5.74, 6) is 0.945. The van der Waals surface area contributed by atoms with Crippen LogP contribution in [0.3, 0.4) is 0 Å². The number of aromatic nitrogens is 3. The van der Waals surface area contributed by atoms with Crippen molar-refractivity contribution in [1.29, 1.82) is 0 Å². The third kappa shape index (κ3) is 5.58. The number of carbonyl (C=O) groups excluding carboxylic acids is 1. The molecule has 0 amide bonds. The van der Waals surface area contributed by atoms with Gasteiger partial charge in [0, 0.05) is 6.42 Å². The van der Waals surface area contributed by atoms with Crippen molar-refractivity contribution < 1.29 is 14.7 Å². The minimum Gasteiger partial charge on any atom is -0.478 e. The fourth-order valence-electron chi connectivity index (χ4n) is 5.67. The standard InChI is InChI=1S/C32H36N4O3/c1-3-4-12-29-33-27-17-18-28(35-32(22(2)37)19-8-5-9-20-32)34-30(27)36(29)21-23-13-15-24(16-14-23)25-10-6-7-11-26(25)31(38)39/h6-7,10-11,13-18H,3-5,8-9,12,19-21H2,1-2H3,(H,34,35)(H,38,39). The van der Waals surface area contributed by atoms with Gasteiger partial charge in [-0.15, -0.1) is 0 Å². The van der Waals surface area contributed by atoms with Crippen LogP contribution in [0.4, 0.5) is 5.82 Å². The Morgan fingerprint density at radius 2 is 1.72 bits per heavy atom. The Labute approximate surface area is 229 Å². The van der Waals surface area contributed by atoms with Crippen LogP contribution in [0.5, 0.6) is 0 Å². The van der Waals surface area contributed by atoms with Crippen molar-refractivity contribution in [2.24, 2.45) is 0 Å². The number of rotatable bonds is 10. The molecule has 39 heavy (non-hydrogen) atoms. The quantitative estimate of drug-likeness (QED) is 0.234. The summed E-state index contributed by atoms with van der Waals surface area (Å²) in [5.41, 5.74) is 4.05. The highest BCUT2D eigenvalue weighted by Crippen LogP contribution is 2.33. The van der Waals surface area contributed by atoms with Gasteiger partial charge in [-0.3, -0.25) is 4.79 Å². The van der Waals surface area contributed by atoms with Crippen molar-refractivity contribution >= 4 is 28.7 Å². The van der Waals surface area contributed by atoms with Gasteiger partial charge in [-0.05, 0) is 61.1 Å². The fourth-order valence-corrected chi connectivity index (χ4v) is 5.67. The van der Waals surface area contributed by atoms with E-state index in [1.165, 1.54) is 0 Å². The number of unbranched alkanes of at least 4 members (excludes halogenated alkanes) is 1. The number of hydrogen-bond acceptors (Lipinski definition) is 5. The lowest BCUT2D eigenvalue weighted by Gasteiger charge is -2.36. The molecule has 0 radical (unpaired) electrons. The van der Waals surface area contributed by atoms with Gasteiger partial charge in [0.2, 0.25) is 0 Å². The number of benzene rings is 2. The van der Waals surface area contributed by atoms with Crippen LogP contribution in [0.2, 0.25) is 0 Å². The number of aryl methyl sites for hydroxylation is 1. The summed E-state index contributed by atoms with van der Waals surface area (Å²) in [7, 11) is 0. The topological polar surface area (TPSA) is 97.1 Å². The van der Waals surface area contributed by atoms with Gasteiger partial charge in [-0.1, -0.05) is 75.1 Å². The van der Waals surface area contributed by atoms with Crippen LogP contribution < -0.4 is 5.32 Å². The van der Waals surface area contributed by atoms with E-state index >= 15 is 0 Å². The molecule has 0 spiro atoms. The first kappa shape index (κ1) is 26.6. The van der Waals surface area contributed by atoms with Crippen molar-refractivity contribution in [2.75, 3.05) is 5.32 Å². The van der Waals surface area contributed by atoms with Gasteiger partial charge in [0.1, 0.15) is 17.2 Å². The largest absolute Gasteiger partial charge is 0.478 e. The van der Waals surface area contributed by atoms with Gasteiger partial charge in [0.15, 0.2) is 11.4 Å². The average molecular weight is 525 g/mol. The molecule has 0 unspecified atom stereocenters. The molecule has 2 N–H and O–H groups in total. The molecule has 1 aliphatic rings. The predicted octanol–water partition coefficient (Wildman–Crippen LogP) is 6.89. The van der Waals surface area contributed by atoms with Crippen LogP contribution in [0.1, 0.15) is 80.5 Å². The number of nitrogens with zero attached hydrogens (tertiary/aromatic N) is 3. The Balaban J connectivity index is 1.47. The van der Waals surface area contributed by atoms with E-state index in [1.54, 1.807) is 19.1 Å². The monoisotopic (exact) mass is 524 g/mol. The van der Waals surface area contributed by atoms with Crippen molar-refractivity contribution in [2.45, 2.75) is 77.3 Å². The van der Waals surface area contributed by atoms with E-state index in [2.05, 4.69) is 16.8 Å².